The standard InChI is InChI=1S/C14H18N4O3/c1-10-4-3-5-14(11(10)2)15-7-13(19)9-17-8-12(6-16-17)18(20)21/h3-6,8,13,15,19H,7,9H2,1-2H3. The molecule has 21 heavy (non-hydrogen) atoms. The third-order valence-corrected chi connectivity index (χ3v) is 3.36. The van der Waals surface area contributed by atoms with E-state index in [-0.39, 0.29) is 12.2 Å². The van der Waals surface area contributed by atoms with Gasteiger partial charge >= 0.3 is 5.69 Å². The summed E-state index contributed by atoms with van der Waals surface area (Å²) in [5.74, 6) is 0. The highest BCUT2D eigenvalue weighted by molar-refractivity contribution is 5.53. The molecule has 0 amide bonds. The van der Waals surface area contributed by atoms with Crippen LogP contribution in [-0.4, -0.2) is 32.5 Å². The predicted octanol–water partition coefficient (Wildman–Crippen LogP) is 1.88. The van der Waals surface area contributed by atoms with Gasteiger partial charge in [-0.15, -0.1) is 0 Å². The van der Waals surface area contributed by atoms with Crippen LogP contribution in [0.3, 0.4) is 0 Å². The van der Waals surface area contributed by atoms with Crippen LogP contribution in [0.1, 0.15) is 11.1 Å². The van der Waals surface area contributed by atoms with Crippen molar-refractivity contribution in [3.8, 4) is 0 Å². The quantitative estimate of drug-likeness (QED) is 0.626. The molecule has 1 aromatic carbocycles. The van der Waals surface area contributed by atoms with Crippen LogP contribution in [0.5, 0.6) is 0 Å². The number of benzene rings is 1. The molecule has 112 valence electrons. The minimum atomic E-state index is -0.690. The minimum Gasteiger partial charge on any atom is -0.389 e. The Bertz CT molecular complexity index is 639. The minimum absolute atomic E-state index is 0.0790. The fraction of sp³-hybridized carbons (Fsp3) is 0.357. The summed E-state index contributed by atoms with van der Waals surface area (Å²) in [7, 11) is 0. The number of nitrogens with one attached hydrogen (secondary N) is 1. The van der Waals surface area contributed by atoms with E-state index in [1.807, 2.05) is 32.0 Å². The number of aromatic nitrogens is 2. The lowest BCUT2D eigenvalue weighted by Gasteiger charge is -2.15. The van der Waals surface area contributed by atoms with Gasteiger partial charge in [0.25, 0.3) is 0 Å². The lowest BCUT2D eigenvalue weighted by molar-refractivity contribution is -0.385. The molecule has 2 aromatic rings. The average Bonchev–Trinajstić information content (AvgIpc) is 2.89. The summed E-state index contributed by atoms with van der Waals surface area (Å²) >= 11 is 0. The van der Waals surface area contributed by atoms with E-state index in [0.29, 0.717) is 6.54 Å². The highest BCUT2D eigenvalue weighted by atomic mass is 16.6. The van der Waals surface area contributed by atoms with Crippen LogP contribution in [0.4, 0.5) is 11.4 Å². The molecule has 0 aliphatic rings. The Hall–Kier alpha value is -2.41. The number of rotatable bonds is 6. The first-order chi connectivity index (χ1) is 9.97. The van der Waals surface area contributed by atoms with Gasteiger partial charge in [-0.25, -0.2) is 0 Å². The summed E-state index contributed by atoms with van der Waals surface area (Å²) in [6.45, 7) is 4.59. The molecule has 1 unspecified atom stereocenters. The van der Waals surface area contributed by atoms with Crippen molar-refractivity contribution in [1.29, 1.82) is 0 Å². The van der Waals surface area contributed by atoms with E-state index >= 15 is 0 Å². The van der Waals surface area contributed by atoms with Crippen LogP contribution < -0.4 is 5.32 Å². The smallest absolute Gasteiger partial charge is 0.306 e. The monoisotopic (exact) mass is 290 g/mol. The van der Waals surface area contributed by atoms with Crippen molar-refractivity contribution in [2.75, 3.05) is 11.9 Å². The highest BCUT2D eigenvalue weighted by Gasteiger charge is 2.12. The number of aryl methyl sites for hydroxylation is 1. The summed E-state index contributed by atoms with van der Waals surface area (Å²) in [5, 5.41) is 27.6. The first-order valence-electron chi connectivity index (χ1n) is 6.62. The molecule has 1 atom stereocenters. The summed E-state index contributed by atoms with van der Waals surface area (Å²) in [5.41, 5.74) is 3.21. The van der Waals surface area contributed by atoms with Gasteiger partial charge in [-0.05, 0) is 31.0 Å². The maximum Gasteiger partial charge on any atom is 0.306 e. The van der Waals surface area contributed by atoms with Gasteiger partial charge in [-0.2, -0.15) is 5.10 Å². The Morgan fingerprint density at radius 2 is 2.24 bits per heavy atom. The van der Waals surface area contributed by atoms with Crippen molar-refractivity contribution < 1.29 is 10.0 Å². The third kappa shape index (κ3) is 3.79. The molecule has 7 nitrogen and oxygen atoms in total. The number of hydrogen-bond donors (Lipinski definition) is 2. The molecule has 0 aliphatic heterocycles. The van der Waals surface area contributed by atoms with Crippen LogP contribution in [0.2, 0.25) is 0 Å². The Kier molecular flexibility index (Phi) is 4.54. The first kappa shape index (κ1) is 15.0. The van der Waals surface area contributed by atoms with E-state index in [2.05, 4.69) is 10.4 Å². The summed E-state index contributed by atoms with van der Waals surface area (Å²) in [4.78, 5) is 10.0. The Morgan fingerprint density at radius 3 is 2.90 bits per heavy atom. The molecule has 0 spiro atoms. The zero-order chi connectivity index (χ0) is 15.4. The average molecular weight is 290 g/mol. The van der Waals surface area contributed by atoms with Gasteiger partial charge in [0, 0.05) is 12.2 Å². The van der Waals surface area contributed by atoms with Crippen molar-refractivity contribution in [2.24, 2.45) is 0 Å². The normalized spacial score (nSPS) is 12.1. The lowest BCUT2D eigenvalue weighted by Crippen LogP contribution is -2.25. The first-order valence-corrected chi connectivity index (χ1v) is 6.62. The zero-order valence-corrected chi connectivity index (χ0v) is 12.0. The molecule has 2 rings (SSSR count). The molecule has 0 aliphatic carbocycles. The molecule has 0 fully saturated rings. The number of aliphatic hydroxyl groups excluding tert-OH is 1. The second-order valence-corrected chi connectivity index (χ2v) is 4.96. The summed E-state index contributed by atoms with van der Waals surface area (Å²) in [6, 6.07) is 5.93. The molecule has 0 saturated carbocycles. The molecule has 1 aromatic heterocycles. The molecule has 0 radical (unpaired) electrons. The van der Waals surface area contributed by atoms with E-state index in [0.717, 1.165) is 11.3 Å². The molecular weight excluding hydrogens is 272 g/mol. The second-order valence-electron chi connectivity index (χ2n) is 4.96. The summed E-state index contributed by atoms with van der Waals surface area (Å²) in [6.07, 6.45) is 1.79. The Balaban J connectivity index is 1.91. The topological polar surface area (TPSA) is 93.2 Å². The van der Waals surface area contributed by atoms with E-state index in [1.54, 1.807) is 0 Å². The zero-order valence-electron chi connectivity index (χ0n) is 12.0. The second kappa shape index (κ2) is 6.36. The molecule has 0 bridgehead atoms. The Morgan fingerprint density at radius 1 is 1.48 bits per heavy atom. The van der Waals surface area contributed by atoms with Gasteiger partial charge < -0.3 is 10.4 Å². The fourth-order valence-corrected chi connectivity index (χ4v) is 2.00. The maximum absolute atomic E-state index is 10.6. The number of anilines is 1. The fourth-order valence-electron chi connectivity index (χ4n) is 2.00. The van der Waals surface area contributed by atoms with Gasteiger partial charge in [0.05, 0.1) is 17.6 Å². The predicted molar refractivity (Wildman–Crippen MR) is 79.3 cm³/mol. The SMILES string of the molecule is Cc1cccc(NCC(O)Cn2cc([N+](=O)[O-])cn2)c1C. The molecule has 0 saturated heterocycles. The van der Waals surface area contributed by atoms with E-state index in [9.17, 15) is 15.2 Å². The number of aliphatic hydroxyl groups is 1. The molecule has 1 heterocycles. The van der Waals surface area contributed by atoms with Gasteiger partial charge in [-0.1, -0.05) is 12.1 Å². The number of hydrogen-bond acceptors (Lipinski definition) is 5. The van der Waals surface area contributed by atoms with Crippen LogP contribution >= 0.6 is 0 Å². The van der Waals surface area contributed by atoms with Gasteiger partial charge in [-0.3, -0.25) is 14.8 Å². The largest absolute Gasteiger partial charge is 0.389 e. The van der Waals surface area contributed by atoms with E-state index < -0.39 is 11.0 Å². The van der Waals surface area contributed by atoms with Crippen LogP contribution in [0.25, 0.3) is 0 Å². The van der Waals surface area contributed by atoms with Crippen LogP contribution in [-0.2, 0) is 6.54 Å². The lowest BCUT2D eigenvalue weighted by atomic mass is 10.1. The van der Waals surface area contributed by atoms with Crippen LogP contribution in [0.15, 0.2) is 30.6 Å². The maximum atomic E-state index is 10.6. The third-order valence-electron chi connectivity index (χ3n) is 3.36. The highest BCUT2D eigenvalue weighted by Crippen LogP contribution is 2.17. The molecule has 7 heteroatoms. The van der Waals surface area contributed by atoms with Crippen molar-refractivity contribution in [1.82, 2.24) is 9.78 Å². The van der Waals surface area contributed by atoms with Crippen molar-refractivity contribution in [2.45, 2.75) is 26.5 Å². The number of nitrogens with zero attached hydrogens (tertiary/aromatic N) is 3. The molecule has 2 N–H and O–H groups in total. The van der Waals surface area contributed by atoms with Gasteiger partial charge in [0.15, 0.2) is 0 Å². The van der Waals surface area contributed by atoms with Gasteiger partial charge in [0.2, 0.25) is 0 Å². The summed E-state index contributed by atoms with van der Waals surface area (Å²) < 4.78 is 1.37. The van der Waals surface area contributed by atoms with Gasteiger partial charge in [0.1, 0.15) is 12.4 Å². The van der Waals surface area contributed by atoms with E-state index in [4.69, 9.17) is 0 Å². The van der Waals surface area contributed by atoms with Crippen molar-refractivity contribution >= 4 is 11.4 Å². The number of nitro groups is 1. The van der Waals surface area contributed by atoms with E-state index in [1.165, 1.54) is 22.6 Å². The van der Waals surface area contributed by atoms with Crippen molar-refractivity contribution in [3.63, 3.8) is 0 Å². The van der Waals surface area contributed by atoms with Crippen molar-refractivity contribution in [3.05, 3.63) is 51.8 Å². The van der Waals surface area contributed by atoms with Crippen LogP contribution in [0, 0.1) is 24.0 Å². The Labute approximate surface area is 122 Å². The molecular formula is C14H18N4O3.